The van der Waals surface area contributed by atoms with Crippen LogP contribution in [-0.4, -0.2) is 119 Å². The van der Waals surface area contributed by atoms with Crippen molar-refractivity contribution < 1.29 is 10.2 Å². The van der Waals surface area contributed by atoms with Crippen molar-refractivity contribution in [2.45, 2.75) is 75.4 Å². The largest absolute Gasteiger partial charge is 0.390 e. The lowest BCUT2D eigenvalue weighted by Gasteiger charge is -2.44. The van der Waals surface area contributed by atoms with Gasteiger partial charge in [0.1, 0.15) is 12.1 Å². The van der Waals surface area contributed by atoms with Crippen molar-refractivity contribution >= 4 is 44.6 Å². The van der Waals surface area contributed by atoms with E-state index in [1.165, 1.54) is 22.3 Å². The summed E-state index contributed by atoms with van der Waals surface area (Å²) < 4.78 is 0. The Kier molecular flexibility index (Phi) is 10.8. The number of hydrogen-bond donors (Lipinski definition) is 4. The molecule has 0 spiro atoms. The summed E-state index contributed by atoms with van der Waals surface area (Å²) in [5.41, 5.74) is 24.9. The van der Waals surface area contributed by atoms with Crippen molar-refractivity contribution in [3.8, 4) is 12.1 Å². The molecule has 6 N–H and O–H groups in total. The molecule has 0 amide bonds. The fraction of sp³-hybridized carbons (Fsp3) is 0.385. The van der Waals surface area contributed by atoms with Crippen molar-refractivity contribution in [3.05, 3.63) is 131 Å². The van der Waals surface area contributed by atoms with Crippen LogP contribution in [-0.2, 0) is 13.1 Å². The van der Waals surface area contributed by atoms with Gasteiger partial charge in [-0.05, 0) is 109 Å². The fourth-order valence-electron chi connectivity index (χ4n) is 11.7. The van der Waals surface area contributed by atoms with Crippen LogP contribution < -0.4 is 31.1 Å². The van der Waals surface area contributed by atoms with Crippen molar-refractivity contribution in [2.24, 2.45) is 11.5 Å². The second-order valence-electron chi connectivity index (χ2n) is 19.2. The first kappa shape index (κ1) is 42.3. The van der Waals surface area contributed by atoms with E-state index in [2.05, 4.69) is 126 Å². The van der Waals surface area contributed by atoms with Gasteiger partial charge in [-0.2, -0.15) is 10.5 Å². The van der Waals surface area contributed by atoms with E-state index >= 15 is 0 Å². The second-order valence-corrected chi connectivity index (χ2v) is 19.2. The molecule has 8 heterocycles. The zero-order valence-corrected chi connectivity index (χ0v) is 37.4. The minimum atomic E-state index is -0.463. The minimum Gasteiger partial charge on any atom is -0.390 e. The highest BCUT2D eigenvalue weighted by Crippen LogP contribution is 2.44. The van der Waals surface area contributed by atoms with Gasteiger partial charge in [-0.1, -0.05) is 12.1 Å². The predicted octanol–water partition coefficient (Wildman–Crippen LogP) is 4.76. The summed E-state index contributed by atoms with van der Waals surface area (Å²) in [6, 6.07) is 35.0. The van der Waals surface area contributed by atoms with Crippen LogP contribution in [0.15, 0.2) is 97.3 Å². The van der Waals surface area contributed by atoms with Gasteiger partial charge in [0, 0.05) is 136 Å². The Morgan fingerprint density at radius 2 is 0.985 bits per heavy atom. The van der Waals surface area contributed by atoms with Crippen LogP contribution in [0, 0.1) is 22.7 Å². The molecule has 66 heavy (non-hydrogen) atoms. The number of piperazine rings is 2. The van der Waals surface area contributed by atoms with Gasteiger partial charge >= 0.3 is 0 Å². The van der Waals surface area contributed by atoms with Gasteiger partial charge in [0.2, 0.25) is 0 Å². The molecular formula is C52H56N12O2. The number of nitrogens with zero attached hydrogens (tertiary/aromatic N) is 10. The average molecular weight is 881 g/mol. The maximum atomic E-state index is 10.1. The molecule has 0 saturated carbocycles. The molecule has 0 unspecified atom stereocenters. The monoisotopic (exact) mass is 880 g/mol. The fourth-order valence-corrected chi connectivity index (χ4v) is 11.7. The molecule has 4 fully saturated rings. The number of pyridine rings is 2. The zero-order chi connectivity index (χ0) is 45.4. The summed E-state index contributed by atoms with van der Waals surface area (Å²) in [5.74, 6) is 0. The van der Waals surface area contributed by atoms with E-state index in [0.29, 0.717) is 61.5 Å². The topological polar surface area (TPSA) is 185 Å². The summed E-state index contributed by atoms with van der Waals surface area (Å²) in [5, 5.41) is 41.2. The summed E-state index contributed by atoms with van der Waals surface area (Å²) in [6.07, 6.45) is 2.58. The van der Waals surface area contributed by atoms with Crippen LogP contribution in [0.2, 0.25) is 0 Å². The molecule has 336 valence electrons. The van der Waals surface area contributed by atoms with Crippen LogP contribution in [0.3, 0.4) is 0 Å². The second kappa shape index (κ2) is 16.8. The number of fused-ring (bicyclic) bond motifs is 8. The van der Waals surface area contributed by atoms with Crippen LogP contribution in [0.1, 0.15) is 59.3 Å². The molecule has 0 aliphatic carbocycles. The maximum Gasteiger partial charge on any atom is 0.101 e. The summed E-state index contributed by atoms with van der Waals surface area (Å²) in [6.45, 7) is 12.7. The molecule has 14 nitrogen and oxygen atoms in total. The van der Waals surface area contributed by atoms with Crippen molar-refractivity contribution in [1.29, 1.82) is 10.5 Å². The lowest BCUT2D eigenvalue weighted by molar-refractivity contribution is 0.134. The number of aliphatic hydroxyl groups is 2. The van der Waals surface area contributed by atoms with Crippen molar-refractivity contribution in [3.63, 3.8) is 0 Å². The third-order valence-corrected chi connectivity index (χ3v) is 15.2. The van der Waals surface area contributed by atoms with E-state index in [9.17, 15) is 20.7 Å². The highest BCUT2D eigenvalue weighted by molar-refractivity contribution is 5.96. The van der Waals surface area contributed by atoms with Gasteiger partial charge in [-0.25, -0.2) is 0 Å². The number of anilines is 4. The first-order valence-corrected chi connectivity index (χ1v) is 23.3. The van der Waals surface area contributed by atoms with Crippen LogP contribution >= 0.6 is 0 Å². The van der Waals surface area contributed by atoms with Crippen molar-refractivity contribution in [1.82, 2.24) is 19.8 Å². The molecule has 4 saturated heterocycles. The number of aliphatic hydroxyl groups excluding tert-OH is 2. The number of aromatic nitrogens is 2. The first-order chi connectivity index (χ1) is 32.1. The Morgan fingerprint density at radius 1 is 0.545 bits per heavy atom. The molecule has 12 rings (SSSR count). The molecule has 4 aromatic carbocycles. The molecule has 0 radical (unpaired) electrons. The summed E-state index contributed by atoms with van der Waals surface area (Å²) in [7, 11) is 0. The average Bonchev–Trinajstić information content (AvgIpc) is 4.10. The number of benzene rings is 4. The Hall–Kier alpha value is -6.36. The highest BCUT2D eigenvalue weighted by atomic mass is 16.3. The van der Waals surface area contributed by atoms with Crippen molar-refractivity contribution in [2.75, 3.05) is 72.0 Å². The third-order valence-electron chi connectivity index (χ3n) is 15.2. The van der Waals surface area contributed by atoms with Crippen LogP contribution in [0.4, 0.5) is 22.7 Å². The first-order valence-electron chi connectivity index (χ1n) is 23.3. The highest BCUT2D eigenvalue weighted by Gasteiger charge is 2.42. The number of hydrogen-bond acceptors (Lipinski definition) is 14. The van der Waals surface area contributed by atoms with E-state index < -0.39 is 12.2 Å². The Labute approximate surface area is 385 Å². The van der Waals surface area contributed by atoms with E-state index in [1.807, 2.05) is 24.3 Å². The summed E-state index contributed by atoms with van der Waals surface area (Å²) >= 11 is 0. The lowest BCUT2D eigenvalue weighted by Crippen LogP contribution is -2.51. The maximum absolute atomic E-state index is 10.1. The van der Waals surface area contributed by atoms with Crippen LogP contribution in [0.25, 0.3) is 21.8 Å². The molecule has 6 aromatic rings. The van der Waals surface area contributed by atoms with Gasteiger partial charge in [0.25, 0.3) is 0 Å². The van der Waals surface area contributed by atoms with Gasteiger partial charge in [-0.15, -0.1) is 0 Å². The van der Waals surface area contributed by atoms with E-state index in [-0.39, 0.29) is 12.1 Å². The van der Waals surface area contributed by atoms with E-state index in [1.54, 1.807) is 12.4 Å². The van der Waals surface area contributed by atoms with Gasteiger partial charge < -0.3 is 41.3 Å². The van der Waals surface area contributed by atoms with Gasteiger partial charge in [0.05, 0.1) is 46.5 Å². The lowest BCUT2D eigenvalue weighted by atomic mass is 9.99. The quantitative estimate of drug-likeness (QED) is 0.190. The smallest absolute Gasteiger partial charge is 0.101 e. The van der Waals surface area contributed by atoms with Gasteiger partial charge in [-0.3, -0.25) is 19.8 Å². The third kappa shape index (κ3) is 7.26. The molecule has 0 bridgehead atoms. The molecule has 6 aliphatic rings. The Bertz CT molecular complexity index is 2720. The predicted molar refractivity (Wildman–Crippen MR) is 258 cm³/mol. The molecule has 2 aromatic heterocycles. The number of rotatable bonds is 4. The Balaban J connectivity index is 0.000000146. The van der Waals surface area contributed by atoms with E-state index in [4.69, 9.17) is 11.5 Å². The molecule has 6 aliphatic heterocycles. The standard InChI is InChI=1S/2C26H28N6O/c2*1-16-11-31(23-7-4-17(10-27)26-21(23)3-2-8-29-26)14-24-20-6-5-19(9-18(20)12-32(16)24)30-13-22(28)25(33)15-30/h2*2-9,16,22,24-25,33H,11-15,28H2,1H3/t16-,22+,24-,25+;16-,22-,24-,25-/m11/s1. The molecule has 14 heteroatoms. The minimum absolute atomic E-state index is 0.185. The van der Waals surface area contributed by atoms with Crippen LogP contribution in [0.5, 0.6) is 0 Å². The number of nitrogens with two attached hydrogens (primary N) is 2. The SMILES string of the molecule is C[C@@H]1CN(c2ccc(C#N)c3ncccc23)C[C@@H]2c3ccc(N4C[C@@H](N)[C@H](O)C4)cc3CN12.C[C@@H]1CN(c2ccc(C#N)c3ncccc23)C[C@@H]2c3ccc(N4C[C@H](N)[C@@H](O)C4)cc3CN12. The zero-order valence-electron chi connectivity index (χ0n) is 37.4. The normalized spacial score (nSPS) is 27.0. The Morgan fingerprint density at radius 3 is 1.38 bits per heavy atom. The summed E-state index contributed by atoms with van der Waals surface area (Å²) in [4.78, 5) is 23.5. The molecular weight excluding hydrogens is 825 g/mol. The molecule has 8 atom stereocenters. The van der Waals surface area contributed by atoms with E-state index in [0.717, 1.165) is 83.8 Å². The number of nitriles is 2. The number of β-amino-alcohol motifs (C(OH)–C–C–N with tert-alkyl or cyclic N) is 2. The van der Waals surface area contributed by atoms with Gasteiger partial charge in [0.15, 0.2) is 0 Å².